The van der Waals surface area contributed by atoms with Crippen molar-refractivity contribution in [1.29, 1.82) is 0 Å². The lowest BCUT2D eigenvalue weighted by Crippen LogP contribution is -2.38. The molecule has 0 spiro atoms. The molecule has 0 atom stereocenters. The number of nitrogens with one attached hydrogen (secondary N) is 1. The van der Waals surface area contributed by atoms with Gasteiger partial charge in [0.25, 0.3) is 0 Å². The summed E-state index contributed by atoms with van der Waals surface area (Å²) in [5.41, 5.74) is 6.13. The van der Waals surface area contributed by atoms with Crippen molar-refractivity contribution in [2.75, 3.05) is 67.1 Å². The number of fused-ring (bicyclic) bond motifs is 1. The Morgan fingerprint density at radius 1 is 0.836 bits per heavy atom. The lowest BCUT2D eigenvalue weighted by Gasteiger charge is -2.28. The molecule has 1 N–H and O–H groups in total. The highest BCUT2D eigenvalue weighted by Crippen LogP contribution is 2.36. The Kier molecular flexibility index (Phi) is 10.2. The molecule has 5 heterocycles. The molecule has 0 bridgehead atoms. The van der Waals surface area contributed by atoms with Gasteiger partial charge in [0.15, 0.2) is 0 Å². The molecule has 0 saturated carbocycles. The highest BCUT2D eigenvalue weighted by atomic mass is 16.5. The summed E-state index contributed by atoms with van der Waals surface area (Å²) in [4.78, 5) is 39.8. The number of benzene rings is 3. The van der Waals surface area contributed by atoms with E-state index in [1.807, 2.05) is 104 Å². The Morgan fingerprint density at radius 3 is 2.09 bits per heavy atom. The number of amides is 2. The van der Waals surface area contributed by atoms with Gasteiger partial charge in [0.2, 0.25) is 11.9 Å². The quantitative estimate of drug-likeness (QED) is 0.166. The number of aryl methyl sites for hydroxylation is 1. The first kappa shape index (κ1) is 35.5. The van der Waals surface area contributed by atoms with E-state index in [4.69, 9.17) is 34.1 Å². The van der Waals surface area contributed by atoms with Gasteiger partial charge < -0.3 is 24.0 Å². The van der Waals surface area contributed by atoms with Crippen molar-refractivity contribution in [2.45, 2.75) is 26.4 Å². The van der Waals surface area contributed by atoms with E-state index in [0.29, 0.717) is 81.6 Å². The van der Waals surface area contributed by atoms with Crippen LogP contribution in [0.3, 0.4) is 0 Å². The molecule has 6 aromatic rings. The minimum Gasteiger partial charge on any atom is -0.497 e. The first-order chi connectivity index (χ1) is 26.9. The van der Waals surface area contributed by atoms with E-state index in [1.54, 1.807) is 23.8 Å². The van der Waals surface area contributed by atoms with Gasteiger partial charge in [-0.1, -0.05) is 42.5 Å². The predicted molar refractivity (Wildman–Crippen MR) is 210 cm³/mol. The van der Waals surface area contributed by atoms with Gasteiger partial charge in [-0.3, -0.25) is 10.2 Å². The number of methoxy groups -OCH3 is 2. The Hall–Kier alpha value is -6.54. The van der Waals surface area contributed by atoms with Gasteiger partial charge in [0, 0.05) is 62.3 Å². The van der Waals surface area contributed by atoms with E-state index < -0.39 is 0 Å². The van der Waals surface area contributed by atoms with Crippen molar-refractivity contribution in [2.24, 2.45) is 0 Å². The molecule has 1 saturated heterocycles. The molecule has 0 aliphatic carbocycles. The molecule has 55 heavy (non-hydrogen) atoms. The molecular formula is C41H42N10O4. The van der Waals surface area contributed by atoms with E-state index in [-0.39, 0.29) is 6.03 Å². The van der Waals surface area contributed by atoms with Crippen molar-refractivity contribution in [3.63, 3.8) is 0 Å². The zero-order valence-electron chi connectivity index (χ0n) is 31.1. The number of hydrogen-bond acceptors (Lipinski definition) is 11. The lowest BCUT2D eigenvalue weighted by atomic mass is 10.1. The Bertz CT molecular complexity index is 2190. The third-order valence-corrected chi connectivity index (χ3v) is 9.68. The Morgan fingerprint density at radius 2 is 1.47 bits per heavy atom. The summed E-state index contributed by atoms with van der Waals surface area (Å²) >= 11 is 0. The van der Waals surface area contributed by atoms with E-state index in [2.05, 4.69) is 20.2 Å². The van der Waals surface area contributed by atoms with Crippen LogP contribution in [0.1, 0.15) is 22.4 Å². The summed E-state index contributed by atoms with van der Waals surface area (Å²) in [5, 5.41) is 7.72. The maximum Gasteiger partial charge on any atom is 0.328 e. The van der Waals surface area contributed by atoms with E-state index in [1.165, 1.54) is 0 Å². The number of rotatable bonds is 11. The van der Waals surface area contributed by atoms with Crippen LogP contribution in [0.2, 0.25) is 0 Å². The second-order valence-electron chi connectivity index (χ2n) is 13.3. The van der Waals surface area contributed by atoms with Gasteiger partial charge in [-0.05, 0) is 60.9 Å². The smallest absolute Gasteiger partial charge is 0.328 e. The molecule has 3 aromatic carbocycles. The maximum atomic E-state index is 14.0. The van der Waals surface area contributed by atoms with Crippen molar-refractivity contribution in [3.8, 4) is 28.4 Å². The SMILES string of the molecule is COc1ccc(CN(Cc2ccc(OC)cc2)c2ncc(-c3nc(N4CCOCC4)nc4c3CCN4C(=O)Nc3cc(C)nn3-c3ccccc3)cn2)cc1. The maximum absolute atomic E-state index is 14.0. The molecule has 2 aliphatic rings. The summed E-state index contributed by atoms with van der Waals surface area (Å²) in [7, 11) is 3.32. The fourth-order valence-corrected chi connectivity index (χ4v) is 6.82. The monoisotopic (exact) mass is 738 g/mol. The predicted octanol–water partition coefficient (Wildman–Crippen LogP) is 6.08. The topological polar surface area (TPSA) is 136 Å². The molecule has 3 aromatic heterocycles. The van der Waals surface area contributed by atoms with Crippen LogP contribution >= 0.6 is 0 Å². The fraction of sp³-hybridized carbons (Fsp3) is 0.268. The second-order valence-corrected chi connectivity index (χ2v) is 13.3. The lowest BCUT2D eigenvalue weighted by molar-refractivity contribution is 0.122. The van der Waals surface area contributed by atoms with Crippen molar-refractivity contribution in [3.05, 3.63) is 120 Å². The Labute approximate surface area is 319 Å². The van der Waals surface area contributed by atoms with Gasteiger partial charge in [0.1, 0.15) is 23.1 Å². The zero-order chi connectivity index (χ0) is 37.7. The summed E-state index contributed by atoms with van der Waals surface area (Å²) in [6.07, 6.45) is 4.20. The summed E-state index contributed by atoms with van der Waals surface area (Å²) in [6, 6.07) is 27.3. The standard InChI is InChI=1S/C41H42N10O4/c1-28-23-36(51(47-28)32-7-5-4-6-8-32)44-41(52)50-18-17-35-37(45-40(46-38(35)50)48-19-21-55-22-20-48)31-24-42-39(43-25-31)49(26-29-9-13-33(53-2)14-10-29)27-30-11-15-34(54-3)16-12-30/h4-16,23-25H,17-22,26-27H2,1-3H3,(H,44,52). The van der Waals surface area contributed by atoms with Gasteiger partial charge in [-0.15, -0.1) is 0 Å². The van der Waals surface area contributed by atoms with Gasteiger partial charge in [0.05, 0.1) is 44.5 Å². The third-order valence-electron chi connectivity index (χ3n) is 9.68. The molecule has 0 unspecified atom stereocenters. The van der Waals surface area contributed by atoms with Crippen LogP contribution < -0.4 is 29.5 Å². The van der Waals surface area contributed by atoms with Gasteiger partial charge >= 0.3 is 6.03 Å². The highest BCUT2D eigenvalue weighted by molar-refractivity contribution is 6.03. The highest BCUT2D eigenvalue weighted by Gasteiger charge is 2.32. The zero-order valence-corrected chi connectivity index (χ0v) is 31.1. The number of urea groups is 1. The molecule has 280 valence electrons. The number of morpholine rings is 1. The van der Waals surface area contributed by atoms with Crippen LogP contribution in [0.15, 0.2) is 97.3 Å². The van der Waals surface area contributed by atoms with Gasteiger partial charge in [-0.25, -0.2) is 24.4 Å². The number of anilines is 4. The van der Waals surface area contributed by atoms with E-state index in [0.717, 1.165) is 45.1 Å². The molecule has 2 aliphatic heterocycles. The molecule has 0 radical (unpaired) electrons. The van der Waals surface area contributed by atoms with Crippen molar-refractivity contribution >= 4 is 29.6 Å². The van der Waals surface area contributed by atoms with Crippen molar-refractivity contribution in [1.82, 2.24) is 29.7 Å². The van der Waals surface area contributed by atoms with E-state index >= 15 is 0 Å². The third kappa shape index (κ3) is 7.76. The summed E-state index contributed by atoms with van der Waals surface area (Å²) in [6.45, 7) is 5.90. The van der Waals surface area contributed by atoms with Crippen LogP contribution in [0.5, 0.6) is 11.5 Å². The molecule has 14 nitrogen and oxygen atoms in total. The van der Waals surface area contributed by atoms with Crippen LogP contribution in [0.4, 0.5) is 28.3 Å². The molecular weight excluding hydrogens is 697 g/mol. The Balaban J connectivity index is 1.11. The van der Waals surface area contributed by atoms with Crippen molar-refractivity contribution < 1.29 is 19.0 Å². The number of carbonyl (C=O) groups excluding carboxylic acids is 1. The average Bonchev–Trinajstić information content (AvgIpc) is 3.84. The number of para-hydroxylation sites is 1. The number of carbonyl (C=O) groups is 1. The van der Waals surface area contributed by atoms with Gasteiger partial charge in [-0.2, -0.15) is 10.1 Å². The average molecular weight is 739 g/mol. The molecule has 8 rings (SSSR count). The van der Waals surface area contributed by atoms with Crippen LogP contribution in [-0.2, 0) is 24.2 Å². The second kappa shape index (κ2) is 15.8. The number of hydrogen-bond donors (Lipinski definition) is 1. The number of aromatic nitrogens is 6. The summed E-state index contributed by atoms with van der Waals surface area (Å²) < 4.78 is 18.1. The number of ether oxygens (including phenoxy) is 3. The molecule has 14 heteroatoms. The van der Waals surface area contributed by atoms with Crippen LogP contribution in [-0.4, -0.2) is 82.8 Å². The fourth-order valence-electron chi connectivity index (χ4n) is 6.82. The first-order valence-electron chi connectivity index (χ1n) is 18.2. The largest absolute Gasteiger partial charge is 0.497 e. The van der Waals surface area contributed by atoms with Crippen LogP contribution in [0, 0.1) is 6.92 Å². The molecule has 1 fully saturated rings. The first-order valence-corrected chi connectivity index (χ1v) is 18.2. The van der Waals surface area contributed by atoms with Crippen LogP contribution in [0.25, 0.3) is 16.9 Å². The minimum absolute atomic E-state index is 0.298. The molecule has 2 amide bonds. The summed E-state index contributed by atoms with van der Waals surface area (Å²) in [5.74, 6) is 3.83. The normalized spacial score (nSPS) is 13.7. The minimum atomic E-state index is -0.298. The van der Waals surface area contributed by atoms with E-state index in [9.17, 15) is 4.79 Å². The number of nitrogens with zero attached hydrogens (tertiary/aromatic N) is 9.